The number of hydrogen-bond donors (Lipinski definition) is 5. The molecule has 0 spiro atoms. The van der Waals surface area contributed by atoms with Gasteiger partial charge in [-0.05, 0) is 67.6 Å². The van der Waals surface area contributed by atoms with Gasteiger partial charge in [0.15, 0.2) is 0 Å². The molecule has 2 unspecified atom stereocenters. The average Bonchev–Trinajstić information content (AvgIpc) is 3.08. The van der Waals surface area contributed by atoms with Gasteiger partial charge in [0.2, 0.25) is 0 Å². The second-order valence-corrected chi connectivity index (χ2v) is 12.3. The standard InChI is InChI=1S/C27H48O6/c1-16(2)6-5-7-17(3)19-8-9-20(26(19,4)10-11-28)18-12-22(30)21-13-23(31)24(32)14-27(21,15-29)25(18)33/h16-24,28-32H,5-15H2,1-4H3/t17-,18?,19+,20?,21-,22+,23-,24-,26+,27+/m0/s1. The van der Waals surface area contributed by atoms with Crippen LogP contribution in [-0.4, -0.2) is 62.8 Å². The number of aliphatic hydroxyl groups is 5. The summed E-state index contributed by atoms with van der Waals surface area (Å²) in [6.07, 6.45) is 3.72. The van der Waals surface area contributed by atoms with E-state index < -0.39 is 42.2 Å². The quantitative estimate of drug-likeness (QED) is 0.355. The Morgan fingerprint density at radius 1 is 0.939 bits per heavy atom. The van der Waals surface area contributed by atoms with Crippen LogP contribution in [0.1, 0.15) is 85.5 Å². The highest BCUT2D eigenvalue weighted by Gasteiger charge is 2.62. The lowest BCUT2D eigenvalue weighted by Crippen LogP contribution is -2.62. The third-order valence-corrected chi connectivity index (χ3v) is 10.0. The Labute approximate surface area is 199 Å². The van der Waals surface area contributed by atoms with Crippen LogP contribution in [0.3, 0.4) is 0 Å². The van der Waals surface area contributed by atoms with E-state index in [0.29, 0.717) is 30.6 Å². The molecule has 3 aliphatic rings. The van der Waals surface area contributed by atoms with Crippen LogP contribution < -0.4 is 0 Å². The maximum absolute atomic E-state index is 14.0. The molecular weight excluding hydrogens is 420 g/mol. The molecular formula is C27H48O6. The van der Waals surface area contributed by atoms with E-state index in [1.165, 1.54) is 12.8 Å². The summed E-state index contributed by atoms with van der Waals surface area (Å²) in [6, 6.07) is 0. The highest BCUT2D eigenvalue weighted by Crippen LogP contribution is 2.60. The molecule has 0 radical (unpaired) electrons. The zero-order chi connectivity index (χ0) is 24.6. The van der Waals surface area contributed by atoms with Crippen molar-refractivity contribution < 1.29 is 30.3 Å². The van der Waals surface area contributed by atoms with Gasteiger partial charge >= 0.3 is 0 Å². The first-order chi connectivity index (χ1) is 15.5. The van der Waals surface area contributed by atoms with E-state index in [0.717, 1.165) is 19.3 Å². The summed E-state index contributed by atoms with van der Waals surface area (Å²) in [4.78, 5) is 14.0. The zero-order valence-electron chi connectivity index (χ0n) is 21.1. The Balaban J connectivity index is 1.86. The first-order valence-electron chi connectivity index (χ1n) is 13.3. The van der Waals surface area contributed by atoms with Gasteiger partial charge in [0.1, 0.15) is 5.78 Å². The van der Waals surface area contributed by atoms with Crippen LogP contribution in [0.5, 0.6) is 0 Å². The molecule has 0 amide bonds. The van der Waals surface area contributed by atoms with Crippen LogP contribution in [0.25, 0.3) is 0 Å². The van der Waals surface area contributed by atoms with Gasteiger partial charge in [0.05, 0.1) is 30.3 Å². The van der Waals surface area contributed by atoms with Crippen LogP contribution in [0, 0.1) is 46.3 Å². The van der Waals surface area contributed by atoms with Gasteiger partial charge in [-0.1, -0.05) is 47.0 Å². The number of carbonyl (C=O) groups is 1. The molecule has 6 nitrogen and oxygen atoms in total. The molecule has 33 heavy (non-hydrogen) atoms. The molecule has 0 aromatic carbocycles. The fourth-order valence-electron chi connectivity index (χ4n) is 8.17. The first-order valence-corrected chi connectivity index (χ1v) is 13.3. The molecule has 0 bridgehead atoms. The number of fused-ring (bicyclic) bond motifs is 1. The van der Waals surface area contributed by atoms with Crippen molar-refractivity contribution >= 4 is 5.78 Å². The molecule has 0 saturated heterocycles. The predicted molar refractivity (Wildman–Crippen MR) is 127 cm³/mol. The molecule has 0 aliphatic heterocycles. The summed E-state index contributed by atoms with van der Waals surface area (Å²) in [5.74, 6) is 0.668. The summed E-state index contributed by atoms with van der Waals surface area (Å²) in [5, 5.41) is 52.0. The minimum atomic E-state index is -1.19. The summed E-state index contributed by atoms with van der Waals surface area (Å²) in [7, 11) is 0. The fraction of sp³-hybridized carbons (Fsp3) is 0.963. The summed E-state index contributed by atoms with van der Waals surface area (Å²) >= 11 is 0. The summed E-state index contributed by atoms with van der Waals surface area (Å²) in [5.41, 5.74) is -1.40. The number of carbonyl (C=O) groups excluding carboxylic acids is 1. The Morgan fingerprint density at radius 2 is 1.64 bits per heavy atom. The molecule has 0 aromatic rings. The van der Waals surface area contributed by atoms with Crippen LogP contribution in [0.2, 0.25) is 0 Å². The van der Waals surface area contributed by atoms with Crippen LogP contribution >= 0.6 is 0 Å². The van der Waals surface area contributed by atoms with E-state index in [9.17, 15) is 30.3 Å². The normalized spacial score (nSPS) is 44.8. The lowest BCUT2D eigenvalue weighted by molar-refractivity contribution is -0.183. The molecule has 0 heterocycles. The highest BCUT2D eigenvalue weighted by molar-refractivity contribution is 5.89. The van der Waals surface area contributed by atoms with Crippen molar-refractivity contribution in [2.75, 3.05) is 13.2 Å². The van der Waals surface area contributed by atoms with E-state index in [2.05, 4.69) is 27.7 Å². The second kappa shape index (κ2) is 10.6. The largest absolute Gasteiger partial charge is 0.396 e. The second-order valence-electron chi connectivity index (χ2n) is 12.3. The molecule has 10 atom stereocenters. The fourth-order valence-corrected chi connectivity index (χ4v) is 8.17. The molecule has 5 N–H and O–H groups in total. The third-order valence-electron chi connectivity index (χ3n) is 10.0. The molecule has 3 fully saturated rings. The number of aliphatic hydroxyl groups excluding tert-OH is 5. The Kier molecular flexibility index (Phi) is 8.70. The van der Waals surface area contributed by atoms with Crippen molar-refractivity contribution in [3.8, 4) is 0 Å². The molecule has 3 saturated carbocycles. The number of ketones is 1. The molecule has 6 heteroatoms. The van der Waals surface area contributed by atoms with Crippen LogP contribution in [0.15, 0.2) is 0 Å². The smallest absolute Gasteiger partial charge is 0.145 e. The van der Waals surface area contributed by atoms with E-state index in [-0.39, 0.29) is 36.6 Å². The third kappa shape index (κ3) is 4.93. The van der Waals surface area contributed by atoms with Crippen molar-refractivity contribution in [1.29, 1.82) is 0 Å². The van der Waals surface area contributed by atoms with Crippen molar-refractivity contribution in [3.63, 3.8) is 0 Å². The van der Waals surface area contributed by atoms with Crippen molar-refractivity contribution in [3.05, 3.63) is 0 Å². The van der Waals surface area contributed by atoms with Crippen LogP contribution in [0.4, 0.5) is 0 Å². The van der Waals surface area contributed by atoms with E-state index in [1.54, 1.807) is 0 Å². The van der Waals surface area contributed by atoms with Gasteiger partial charge < -0.3 is 25.5 Å². The van der Waals surface area contributed by atoms with Gasteiger partial charge in [-0.25, -0.2) is 0 Å². The van der Waals surface area contributed by atoms with E-state index >= 15 is 0 Å². The summed E-state index contributed by atoms with van der Waals surface area (Å²) < 4.78 is 0. The van der Waals surface area contributed by atoms with Crippen molar-refractivity contribution in [2.45, 2.75) is 104 Å². The van der Waals surface area contributed by atoms with Gasteiger partial charge in [-0.2, -0.15) is 0 Å². The number of rotatable bonds is 9. The Morgan fingerprint density at radius 3 is 2.24 bits per heavy atom. The molecule has 192 valence electrons. The van der Waals surface area contributed by atoms with Gasteiger partial charge in [0, 0.05) is 18.4 Å². The minimum Gasteiger partial charge on any atom is -0.396 e. The molecule has 0 aromatic heterocycles. The average molecular weight is 469 g/mol. The maximum Gasteiger partial charge on any atom is 0.145 e. The summed E-state index contributed by atoms with van der Waals surface area (Å²) in [6.45, 7) is 8.69. The van der Waals surface area contributed by atoms with Gasteiger partial charge in [0.25, 0.3) is 0 Å². The lowest BCUT2D eigenvalue weighted by atomic mass is 9.50. The highest BCUT2D eigenvalue weighted by atomic mass is 16.3. The van der Waals surface area contributed by atoms with Crippen molar-refractivity contribution in [1.82, 2.24) is 0 Å². The first kappa shape index (κ1) is 27.1. The van der Waals surface area contributed by atoms with E-state index in [1.807, 2.05) is 0 Å². The van der Waals surface area contributed by atoms with E-state index in [4.69, 9.17) is 0 Å². The van der Waals surface area contributed by atoms with Crippen LogP contribution in [-0.2, 0) is 4.79 Å². The molecule has 3 aliphatic carbocycles. The van der Waals surface area contributed by atoms with Gasteiger partial charge in [-0.15, -0.1) is 0 Å². The zero-order valence-corrected chi connectivity index (χ0v) is 21.1. The number of Topliss-reactive ketones (excluding diaryl/α,β-unsaturated/α-hetero) is 1. The van der Waals surface area contributed by atoms with Crippen molar-refractivity contribution in [2.24, 2.45) is 46.3 Å². The topological polar surface area (TPSA) is 118 Å². The Bertz CT molecular complexity index is 667. The molecule has 3 rings (SSSR count). The predicted octanol–water partition coefficient (Wildman–Crippen LogP) is 2.92. The Hall–Kier alpha value is -0.530. The monoisotopic (exact) mass is 468 g/mol. The number of hydrogen-bond acceptors (Lipinski definition) is 6. The maximum atomic E-state index is 14.0. The lowest BCUT2D eigenvalue weighted by Gasteiger charge is -2.54. The SMILES string of the molecule is CC(C)CCC[C@H](C)[C@H]1CCC(C2C[C@@H](O)[C@@H]3C[C@H](O)[C@@H](O)C[C@]3(CO)C2=O)[C@]1(C)CCO. The minimum absolute atomic E-state index is 0.000193. The van der Waals surface area contributed by atoms with Gasteiger partial charge in [-0.3, -0.25) is 4.79 Å².